The zero-order chi connectivity index (χ0) is 32.8. The van der Waals surface area contributed by atoms with Crippen molar-refractivity contribution in [3.05, 3.63) is 94.8 Å². The third-order valence-electron chi connectivity index (χ3n) is 7.76. The molecule has 242 valence electrons. The average Bonchev–Trinajstić information content (AvgIpc) is 3.01. The molecule has 7 nitrogen and oxygen atoms in total. The molecule has 1 aliphatic rings. The molecule has 0 heterocycles. The number of carbonyl (C=O) groups is 2. The van der Waals surface area contributed by atoms with Gasteiger partial charge < -0.3 is 10.2 Å². The summed E-state index contributed by atoms with van der Waals surface area (Å²) in [5, 5.41) is 2.37. The Balaban J connectivity index is 1.76. The van der Waals surface area contributed by atoms with Gasteiger partial charge in [0.2, 0.25) is 11.8 Å². The quantitative estimate of drug-likeness (QED) is 0.224. The molecular weight excluding hydrogens is 634 g/mol. The highest BCUT2D eigenvalue weighted by Gasteiger charge is 2.37. The van der Waals surface area contributed by atoms with Crippen molar-refractivity contribution < 1.29 is 35.6 Å². The van der Waals surface area contributed by atoms with E-state index in [9.17, 15) is 35.6 Å². The average molecular weight is 668 g/mol. The van der Waals surface area contributed by atoms with Gasteiger partial charge in [-0.05, 0) is 67.3 Å². The van der Waals surface area contributed by atoms with Crippen LogP contribution >= 0.6 is 11.6 Å². The number of benzene rings is 3. The highest BCUT2D eigenvalue weighted by molar-refractivity contribution is 7.92. The third-order valence-corrected chi connectivity index (χ3v) is 9.87. The summed E-state index contributed by atoms with van der Waals surface area (Å²) in [6, 6.07) is 13.7. The van der Waals surface area contributed by atoms with Crippen LogP contribution in [0, 0.1) is 5.82 Å². The summed E-state index contributed by atoms with van der Waals surface area (Å²) in [6.07, 6.45) is -0.204. The topological polar surface area (TPSA) is 86.8 Å². The second-order valence-corrected chi connectivity index (χ2v) is 13.2. The van der Waals surface area contributed by atoms with E-state index in [2.05, 4.69) is 5.32 Å². The molecule has 3 aromatic rings. The molecule has 3 aromatic carbocycles. The molecule has 13 heteroatoms. The Morgan fingerprint density at radius 2 is 1.62 bits per heavy atom. The van der Waals surface area contributed by atoms with Gasteiger partial charge in [-0.2, -0.15) is 13.2 Å². The summed E-state index contributed by atoms with van der Waals surface area (Å²) >= 11 is 5.82. The number of rotatable bonds is 11. The number of hydrogen-bond acceptors (Lipinski definition) is 4. The van der Waals surface area contributed by atoms with Crippen LogP contribution in [0.15, 0.2) is 77.7 Å². The summed E-state index contributed by atoms with van der Waals surface area (Å²) < 4.78 is 83.5. The van der Waals surface area contributed by atoms with E-state index in [-0.39, 0.29) is 23.9 Å². The Morgan fingerprint density at radius 1 is 0.978 bits per heavy atom. The Bertz CT molecular complexity index is 1580. The fraction of sp³-hybridized carbons (Fsp3) is 0.375. The number of alkyl halides is 3. The largest absolute Gasteiger partial charge is 0.417 e. The first-order valence-corrected chi connectivity index (χ1v) is 16.4. The van der Waals surface area contributed by atoms with Crippen LogP contribution in [0.4, 0.5) is 23.2 Å². The van der Waals surface area contributed by atoms with E-state index in [0.29, 0.717) is 15.9 Å². The fourth-order valence-corrected chi connectivity index (χ4v) is 7.04. The smallest absolute Gasteiger partial charge is 0.352 e. The van der Waals surface area contributed by atoms with Crippen LogP contribution in [0.5, 0.6) is 0 Å². The minimum atomic E-state index is -4.90. The van der Waals surface area contributed by atoms with Crippen molar-refractivity contribution in [2.45, 2.75) is 75.1 Å². The number of carbonyl (C=O) groups excluding carboxylic acids is 2. The molecule has 0 aromatic heterocycles. The highest BCUT2D eigenvalue weighted by atomic mass is 35.5. The minimum absolute atomic E-state index is 0.0760. The molecule has 45 heavy (non-hydrogen) atoms. The predicted octanol–water partition coefficient (Wildman–Crippen LogP) is 6.95. The lowest BCUT2D eigenvalue weighted by Crippen LogP contribution is -2.54. The lowest BCUT2D eigenvalue weighted by Gasteiger charge is -2.34. The van der Waals surface area contributed by atoms with Crippen molar-refractivity contribution in [3.63, 3.8) is 0 Å². The van der Waals surface area contributed by atoms with Crippen LogP contribution in [0.25, 0.3) is 0 Å². The Morgan fingerprint density at radius 3 is 2.22 bits per heavy atom. The molecule has 1 atom stereocenters. The Labute approximate surface area is 265 Å². The van der Waals surface area contributed by atoms with E-state index in [1.54, 1.807) is 13.0 Å². The highest BCUT2D eigenvalue weighted by Crippen LogP contribution is 2.38. The summed E-state index contributed by atoms with van der Waals surface area (Å²) in [4.78, 5) is 28.6. The van der Waals surface area contributed by atoms with E-state index < -0.39 is 62.7 Å². The van der Waals surface area contributed by atoms with Crippen LogP contribution < -0.4 is 9.62 Å². The lowest BCUT2D eigenvalue weighted by molar-refractivity contribution is -0.140. The number of sulfonamides is 1. The van der Waals surface area contributed by atoms with Gasteiger partial charge in [0.25, 0.3) is 10.0 Å². The minimum Gasteiger partial charge on any atom is -0.352 e. The summed E-state index contributed by atoms with van der Waals surface area (Å²) in [5.41, 5.74) is -1.24. The molecule has 1 unspecified atom stereocenters. The van der Waals surface area contributed by atoms with Crippen molar-refractivity contribution in [1.82, 2.24) is 10.2 Å². The van der Waals surface area contributed by atoms with Crippen molar-refractivity contribution in [3.8, 4) is 0 Å². The molecule has 0 radical (unpaired) electrons. The van der Waals surface area contributed by atoms with Crippen LogP contribution in [0.2, 0.25) is 5.02 Å². The molecule has 4 rings (SSSR count). The number of nitrogens with one attached hydrogen (secondary N) is 1. The molecule has 1 fully saturated rings. The van der Waals surface area contributed by atoms with Crippen LogP contribution in [0.1, 0.15) is 56.6 Å². The molecule has 1 saturated carbocycles. The SMILES string of the molecule is CCC(C(=O)NC1CCCCC1)N(Cc1ccc(F)cc1)C(=O)CN(c1ccc(Cl)c(C(F)(F)F)c1)S(=O)(=O)c1ccccc1. The van der Waals surface area contributed by atoms with E-state index in [0.717, 1.165) is 44.2 Å². The van der Waals surface area contributed by atoms with E-state index in [1.165, 1.54) is 53.4 Å². The number of hydrogen-bond donors (Lipinski definition) is 1. The summed E-state index contributed by atoms with van der Waals surface area (Å²) in [6.45, 7) is 0.594. The van der Waals surface area contributed by atoms with Crippen molar-refractivity contribution >= 4 is 39.1 Å². The maximum Gasteiger partial charge on any atom is 0.417 e. The first-order chi connectivity index (χ1) is 21.3. The Kier molecular flexibility index (Phi) is 11.1. The molecule has 0 aliphatic heterocycles. The molecule has 2 amide bonds. The van der Waals surface area contributed by atoms with Crippen LogP contribution in [0.3, 0.4) is 0 Å². The van der Waals surface area contributed by atoms with Crippen molar-refractivity contribution in [2.75, 3.05) is 10.8 Å². The maximum atomic E-state index is 14.1. The molecule has 0 bridgehead atoms. The van der Waals surface area contributed by atoms with Gasteiger partial charge >= 0.3 is 6.18 Å². The van der Waals surface area contributed by atoms with Gasteiger partial charge in [0.15, 0.2) is 0 Å². The van der Waals surface area contributed by atoms with Gasteiger partial charge in [-0.3, -0.25) is 13.9 Å². The summed E-state index contributed by atoms with van der Waals surface area (Å²) in [7, 11) is -4.59. The van der Waals surface area contributed by atoms with Gasteiger partial charge in [0.05, 0.1) is 21.2 Å². The van der Waals surface area contributed by atoms with Gasteiger partial charge in [0.1, 0.15) is 18.4 Å². The van der Waals surface area contributed by atoms with Crippen LogP contribution in [-0.2, 0) is 32.3 Å². The number of halogens is 5. The van der Waals surface area contributed by atoms with Gasteiger partial charge in [-0.1, -0.05) is 68.1 Å². The Hall–Kier alpha value is -3.64. The number of nitrogens with zero attached hydrogens (tertiary/aromatic N) is 2. The first-order valence-electron chi connectivity index (χ1n) is 14.6. The van der Waals surface area contributed by atoms with Gasteiger partial charge in [-0.15, -0.1) is 0 Å². The number of amides is 2. The van der Waals surface area contributed by atoms with Crippen molar-refractivity contribution in [2.24, 2.45) is 0 Å². The normalized spacial score (nSPS) is 14.9. The predicted molar refractivity (Wildman–Crippen MR) is 163 cm³/mol. The monoisotopic (exact) mass is 667 g/mol. The molecule has 1 N–H and O–H groups in total. The molecular formula is C32H34ClF4N3O4S. The standard InChI is InChI=1S/C32H34ClF4N3O4S/c1-2-29(31(42)38-24-9-5-3-6-10-24)39(20-22-13-15-23(34)16-14-22)30(41)21-40(45(43,44)26-11-7-4-8-12-26)25-17-18-28(33)27(19-25)32(35,36)37/h4,7-8,11-19,24,29H,2-3,5-6,9-10,20-21H2,1H3,(H,38,42). The lowest BCUT2D eigenvalue weighted by atomic mass is 9.95. The third kappa shape index (κ3) is 8.55. The second kappa shape index (κ2) is 14.6. The zero-order valence-electron chi connectivity index (χ0n) is 24.6. The van der Waals surface area contributed by atoms with E-state index in [1.807, 2.05) is 0 Å². The molecule has 0 saturated heterocycles. The molecule has 0 spiro atoms. The molecule has 1 aliphatic carbocycles. The first kappa shape index (κ1) is 34.2. The summed E-state index contributed by atoms with van der Waals surface area (Å²) in [5.74, 6) is -1.78. The zero-order valence-corrected chi connectivity index (χ0v) is 26.1. The van der Waals surface area contributed by atoms with Crippen LogP contribution in [-0.4, -0.2) is 43.8 Å². The van der Waals surface area contributed by atoms with Crippen molar-refractivity contribution in [1.29, 1.82) is 0 Å². The van der Waals surface area contributed by atoms with E-state index in [4.69, 9.17) is 11.6 Å². The fourth-order valence-electron chi connectivity index (χ4n) is 5.38. The van der Waals surface area contributed by atoms with Gasteiger partial charge in [0, 0.05) is 12.6 Å². The maximum absolute atomic E-state index is 14.1. The number of anilines is 1. The second-order valence-electron chi connectivity index (χ2n) is 10.9. The van der Waals surface area contributed by atoms with Gasteiger partial charge in [-0.25, -0.2) is 12.8 Å². The van der Waals surface area contributed by atoms with E-state index >= 15 is 0 Å².